The fourth-order valence-corrected chi connectivity index (χ4v) is 6.92. The summed E-state index contributed by atoms with van der Waals surface area (Å²) in [7, 11) is -3.35. The molecule has 0 unspecified atom stereocenters. The molecule has 0 radical (unpaired) electrons. The Labute approximate surface area is 187 Å². The van der Waals surface area contributed by atoms with Crippen molar-refractivity contribution in [2.75, 3.05) is 37.6 Å². The van der Waals surface area contributed by atoms with Gasteiger partial charge >= 0.3 is 6.18 Å². The van der Waals surface area contributed by atoms with E-state index in [-0.39, 0.29) is 0 Å². The van der Waals surface area contributed by atoms with E-state index in [0.29, 0.717) is 43.1 Å². The first kappa shape index (κ1) is 23.0. The van der Waals surface area contributed by atoms with Gasteiger partial charge in [-0.1, -0.05) is 24.6 Å². The third-order valence-electron chi connectivity index (χ3n) is 6.76. The second-order valence-corrected chi connectivity index (χ2v) is 11.0. The maximum Gasteiger partial charge on any atom is 0.416 e. The molecule has 0 amide bonds. The molecule has 32 heavy (non-hydrogen) atoms. The van der Waals surface area contributed by atoms with Gasteiger partial charge in [-0.25, -0.2) is 13.4 Å². The molecule has 174 valence electrons. The van der Waals surface area contributed by atoms with Crippen molar-refractivity contribution in [3.63, 3.8) is 0 Å². The van der Waals surface area contributed by atoms with E-state index in [2.05, 4.69) is 9.88 Å². The van der Waals surface area contributed by atoms with Crippen molar-refractivity contribution in [3.8, 4) is 0 Å². The van der Waals surface area contributed by atoms with Crippen LogP contribution < -0.4 is 4.90 Å². The zero-order valence-corrected chi connectivity index (χ0v) is 18.7. The summed E-state index contributed by atoms with van der Waals surface area (Å²) >= 11 is 0. The second kappa shape index (κ2) is 9.02. The van der Waals surface area contributed by atoms with Crippen molar-refractivity contribution < 1.29 is 21.6 Å². The van der Waals surface area contributed by atoms with E-state index in [1.807, 2.05) is 11.0 Å². The van der Waals surface area contributed by atoms with Crippen LogP contribution in [0, 0.1) is 0 Å². The highest BCUT2D eigenvalue weighted by atomic mass is 32.2. The number of nitrogens with zero attached hydrogens (tertiary/aromatic N) is 3. The molecule has 0 N–H and O–H groups in total. The molecular formula is C23H28F3N3O2S. The molecule has 2 heterocycles. The summed E-state index contributed by atoms with van der Waals surface area (Å²) in [5, 5.41) is 0. The van der Waals surface area contributed by atoms with Crippen molar-refractivity contribution >= 4 is 15.7 Å². The van der Waals surface area contributed by atoms with Gasteiger partial charge in [-0.05, 0) is 56.5 Å². The Hall–Kier alpha value is -2.13. The van der Waals surface area contributed by atoms with Crippen LogP contribution in [-0.4, -0.2) is 55.8 Å². The van der Waals surface area contributed by atoms with Crippen LogP contribution in [0.25, 0.3) is 0 Å². The van der Waals surface area contributed by atoms with Crippen LogP contribution in [0.3, 0.4) is 0 Å². The quantitative estimate of drug-likeness (QED) is 0.604. The molecule has 1 saturated carbocycles. The molecule has 2 fully saturated rings. The monoisotopic (exact) mass is 467 g/mol. The molecule has 2 aromatic rings. The minimum atomic E-state index is -4.38. The van der Waals surface area contributed by atoms with E-state index < -0.39 is 26.3 Å². The summed E-state index contributed by atoms with van der Waals surface area (Å²) in [5.41, 5.74) is -0.685. The van der Waals surface area contributed by atoms with Crippen molar-refractivity contribution in [1.29, 1.82) is 0 Å². The molecule has 2 aliphatic rings. The number of benzene rings is 1. The highest BCUT2D eigenvalue weighted by Crippen LogP contribution is 2.46. The average Bonchev–Trinajstić information content (AvgIpc) is 2.76. The first-order valence-corrected chi connectivity index (χ1v) is 12.5. The molecule has 1 aromatic carbocycles. The lowest BCUT2D eigenvalue weighted by molar-refractivity contribution is -0.137. The summed E-state index contributed by atoms with van der Waals surface area (Å²) in [4.78, 5) is 8.65. The Bertz CT molecular complexity index is 1020. The predicted molar refractivity (Wildman–Crippen MR) is 117 cm³/mol. The standard InChI is InChI=1S/C23H28F3N3O2S/c24-23(25,26)19-8-12-27-21(18-19)29-16-14-28(15-17-29)13-5-11-22(9-4-10-22)32(30,31)20-6-2-1-3-7-20/h1-3,6-8,12,18H,4-5,9-11,13-17H2. The lowest BCUT2D eigenvalue weighted by Gasteiger charge is -2.42. The SMILES string of the molecule is O=S(=O)(c1ccccc1)C1(CCCN2CCN(c3cc(C(F)(F)F)ccn3)CC2)CCC1. The van der Waals surface area contributed by atoms with Gasteiger partial charge < -0.3 is 4.90 Å². The largest absolute Gasteiger partial charge is 0.416 e. The van der Waals surface area contributed by atoms with Gasteiger partial charge in [0.1, 0.15) is 5.82 Å². The molecule has 1 saturated heterocycles. The third-order valence-corrected chi connectivity index (χ3v) is 9.41. The Kier molecular flexibility index (Phi) is 6.49. The van der Waals surface area contributed by atoms with Gasteiger partial charge in [0.15, 0.2) is 9.84 Å². The lowest BCUT2D eigenvalue weighted by atomic mass is 9.81. The summed E-state index contributed by atoms with van der Waals surface area (Å²) in [5.74, 6) is 0.349. The van der Waals surface area contributed by atoms with Crippen LogP contribution in [0.2, 0.25) is 0 Å². The minimum absolute atomic E-state index is 0.349. The highest BCUT2D eigenvalue weighted by molar-refractivity contribution is 7.93. The number of anilines is 1. The van der Waals surface area contributed by atoms with E-state index in [0.717, 1.165) is 44.6 Å². The molecule has 0 spiro atoms. The van der Waals surface area contributed by atoms with Crippen molar-refractivity contribution in [3.05, 3.63) is 54.2 Å². The predicted octanol–water partition coefficient (Wildman–Crippen LogP) is 4.40. The smallest absolute Gasteiger partial charge is 0.354 e. The topological polar surface area (TPSA) is 53.5 Å². The molecular weight excluding hydrogens is 439 g/mol. The molecule has 1 aliphatic carbocycles. The number of hydrogen-bond donors (Lipinski definition) is 0. The normalized spacial score (nSPS) is 19.5. The number of alkyl halides is 3. The Morgan fingerprint density at radius 3 is 2.28 bits per heavy atom. The number of pyridine rings is 1. The fourth-order valence-electron chi connectivity index (χ4n) is 4.67. The zero-order chi connectivity index (χ0) is 22.8. The van der Waals surface area contributed by atoms with Crippen molar-refractivity contribution in [2.24, 2.45) is 0 Å². The molecule has 0 bridgehead atoms. The Balaban J connectivity index is 1.30. The summed E-state index contributed by atoms with van der Waals surface area (Å²) in [6.45, 7) is 3.42. The van der Waals surface area contributed by atoms with E-state index in [1.54, 1.807) is 24.3 Å². The van der Waals surface area contributed by atoms with Crippen molar-refractivity contribution in [1.82, 2.24) is 9.88 Å². The second-order valence-electron chi connectivity index (χ2n) is 8.69. The van der Waals surface area contributed by atoms with Gasteiger partial charge in [0.25, 0.3) is 0 Å². The first-order chi connectivity index (χ1) is 15.2. The van der Waals surface area contributed by atoms with Gasteiger partial charge in [0, 0.05) is 32.4 Å². The van der Waals surface area contributed by atoms with Crippen LogP contribution >= 0.6 is 0 Å². The van der Waals surface area contributed by atoms with E-state index in [1.165, 1.54) is 6.20 Å². The third kappa shape index (κ3) is 4.64. The number of rotatable bonds is 7. The molecule has 1 aliphatic heterocycles. The van der Waals surface area contributed by atoms with E-state index in [4.69, 9.17) is 0 Å². The molecule has 4 rings (SSSR count). The van der Waals surface area contributed by atoms with Crippen LogP contribution in [-0.2, 0) is 16.0 Å². The summed E-state index contributed by atoms with van der Waals surface area (Å²) in [6.07, 6.45) is 0.605. The van der Waals surface area contributed by atoms with E-state index in [9.17, 15) is 21.6 Å². The zero-order valence-electron chi connectivity index (χ0n) is 17.9. The average molecular weight is 468 g/mol. The van der Waals surface area contributed by atoms with Crippen LogP contribution in [0.15, 0.2) is 53.6 Å². The van der Waals surface area contributed by atoms with Gasteiger partial charge in [-0.3, -0.25) is 4.90 Å². The van der Waals surface area contributed by atoms with Gasteiger partial charge in [-0.2, -0.15) is 13.2 Å². The molecule has 9 heteroatoms. The first-order valence-electron chi connectivity index (χ1n) is 11.0. The van der Waals surface area contributed by atoms with Gasteiger partial charge in [0.2, 0.25) is 0 Å². The number of aromatic nitrogens is 1. The molecule has 5 nitrogen and oxygen atoms in total. The maximum atomic E-state index is 13.2. The van der Waals surface area contributed by atoms with Gasteiger partial charge in [0.05, 0.1) is 15.2 Å². The van der Waals surface area contributed by atoms with E-state index >= 15 is 0 Å². The maximum absolute atomic E-state index is 13.2. The molecule has 0 atom stereocenters. The van der Waals surface area contributed by atoms with Crippen molar-refractivity contribution in [2.45, 2.75) is 47.9 Å². The highest BCUT2D eigenvalue weighted by Gasteiger charge is 2.48. The number of piperazine rings is 1. The summed E-state index contributed by atoms with van der Waals surface area (Å²) in [6, 6.07) is 10.8. The fraction of sp³-hybridized carbons (Fsp3) is 0.522. The van der Waals surface area contributed by atoms with Gasteiger partial charge in [-0.15, -0.1) is 0 Å². The minimum Gasteiger partial charge on any atom is -0.354 e. The number of sulfone groups is 1. The summed E-state index contributed by atoms with van der Waals surface area (Å²) < 4.78 is 64.6. The number of halogens is 3. The van der Waals surface area contributed by atoms with Crippen LogP contribution in [0.1, 0.15) is 37.7 Å². The van der Waals surface area contributed by atoms with Crippen LogP contribution in [0.5, 0.6) is 0 Å². The lowest BCUT2D eigenvalue weighted by Crippen LogP contribution is -2.48. The molecule has 1 aromatic heterocycles. The van der Waals surface area contributed by atoms with Crippen LogP contribution in [0.4, 0.5) is 19.0 Å². The Morgan fingerprint density at radius 2 is 1.69 bits per heavy atom. The Morgan fingerprint density at radius 1 is 1.00 bits per heavy atom. The number of hydrogen-bond acceptors (Lipinski definition) is 5.